The van der Waals surface area contributed by atoms with Crippen LogP contribution in [-0.2, 0) is 13.1 Å². The second kappa shape index (κ2) is 9.26. The number of carbonyl (C=O) groups excluding carboxylic acids is 1. The Morgan fingerprint density at radius 1 is 0.875 bits per heavy atom. The van der Waals surface area contributed by atoms with Gasteiger partial charge in [-0.3, -0.25) is 14.2 Å². The quantitative estimate of drug-likeness (QED) is 0.509. The van der Waals surface area contributed by atoms with Crippen molar-refractivity contribution >= 4 is 11.6 Å². The number of amides is 1. The summed E-state index contributed by atoms with van der Waals surface area (Å²) in [5, 5.41) is 0. The molecule has 0 atom stereocenters. The van der Waals surface area contributed by atoms with E-state index in [0.717, 1.165) is 16.3 Å². The Balaban J connectivity index is 1.75. The maximum atomic E-state index is 14.1. The molecule has 4 rings (SSSR count). The normalized spacial score (nSPS) is 10.7. The summed E-state index contributed by atoms with van der Waals surface area (Å²) < 4.78 is 14.9. The van der Waals surface area contributed by atoms with E-state index in [-0.39, 0.29) is 24.2 Å². The monoisotopic (exact) mass is 429 g/mol. The number of rotatable bonds is 6. The zero-order valence-corrected chi connectivity index (χ0v) is 17.1. The van der Waals surface area contributed by atoms with Crippen molar-refractivity contribution in [2.24, 2.45) is 0 Å². The van der Waals surface area contributed by atoms with Gasteiger partial charge in [-0.1, -0.05) is 66.7 Å². The third kappa shape index (κ3) is 4.41. The van der Waals surface area contributed by atoms with Crippen molar-refractivity contribution < 1.29 is 9.18 Å². The van der Waals surface area contributed by atoms with Gasteiger partial charge < -0.3 is 9.88 Å². The van der Waals surface area contributed by atoms with Gasteiger partial charge in [-0.2, -0.15) is 0 Å². The predicted octanol–water partition coefficient (Wildman–Crippen LogP) is 3.57. The van der Waals surface area contributed by atoms with Crippen LogP contribution in [0.25, 0.3) is 0 Å². The summed E-state index contributed by atoms with van der Waals surface area (Å²) in [6.45, 7) is -0.0540. The van der Waals surface area contributed by atoms with Gasteiger partial charge in [0, 0.05) is 17.4 Å². The lowest BCUT2D eigenvalue weighted by molar-refractivity contribution is 0.0982. The summed E-state index contributed by atoms with van der Waals surface area (Å²) in [5.74, 6) is -1.10. The average molecular weight is 429 g/mol. The van der Waals surface area contributed by atoms with E-state index in [4.69, 9.17) is 0 Å². The topological polar surface area (TPSA) is 75.2 Å². The lowest BCUT2D eigenvalue weighted by Crippen LogP contribution is -2.42. The first-order valence-electron chi connectivity index (χ1n) is 10.0. The molecule has 0 unspecified atom stereocenters. The molecular weight excluding hydrogens is 409 g/mol. The number of H-pyrrole nitrogens is 1. The highest BCUT2D eigenvalue weighted by Gasteiger charge is 2.23. The number of nitrogens with zero attached hydrogens (tertiary/aromatic N) is 2. The summed E-state index contributed by atoms with van der Waals surface area (Å²) in [6, 6.07) is 24.2. The summed E-state index contributed by atoms with van der Waals surface area (Å²) >= 11 is 0. The Bertz CT molecular complexity index is 1350. The van der Waals surface area contributed by atoms with Crippen LogP contribution in [-0.4, -0.2) is 15.5 Å². The third-order valence-corrected chi connectivity index (χ3v) is 5.07. The lowest BCUT2D eigenvalue weighted by atomic mass is 10.1. The van der Waals surface area contributed by atoms with Gasteiger partial charge in [-0.25, -0.2) is 9.18 Å². The van der Waals surface area contributed by atoms with E-state index in [0.29, 0.717) is 5.69 Å². The molecule has 1 aromatic heterocycles. The molecule has 6 nitrogen and oxygen atoms in total. The van der Waals surface area contributed by atoms with Crippen LogP contribution in [0.5, 0.6) is 0 Å². The predicted molar refractivity (Wildman–Crippen MR) is 120 cm³/mol. The number of para-hydroxylation sites is 1. The molecule has 0 spiro atoms. The highest BCUT2D eigenvalue weighted by molar-refractivity contribution is 6.05. The molecule has 0 bridgehead atoms. The molecule has 1 amide bonds. The molecular formula is C25H20FN3O3. The Kier molecular flexibility index (Phi) is 6.07. The summed E-state index contributed by atoms with van der Waals surface area (Å²) in [6.07, 6.45) is 1.12. The summed E-state index contributed by atoms with van der Waals surface area (Å²) in [5.41, 5.74) is -0.0526. The fraction of sp³-hybridized carbons (Fsp3) is 0.0800. The second-order valence-electron chi connectivity index (χ2n) is 7.20. The Labute approximate surface area is 183 Å². The first kappa shape index (κ1) is 21.0. The van der Waals surface area contributed by atoms with Crippen LogP contribution in [0.3, 0.4) is 0 Å². The average Bonchev–Trinajstić information content (AvgIpc) is 2.82. The van der Waals surface area contributed by atoms with Crippen LogP contribution >= 0.6 is 0 Å². The number of anilines is 1. The number of carbonyl (C=O) groups is 1. The van der Waals surface area contributed by atoms with Crippen molar-refractivity contribution in [3.63, 3.8) is 0 Å². The molecule has 160 valence electrons. The van der Waals surface area contributed by atoms with E-state index in [1.54, 1.807) is 30.3 Å². The molecule has 0 fully saturated rings. The van der Waals surface area contributed by atoms with E-state index < -0.39 is 23.0 Å². The maximum absolute atomic E-state index is 14.1. The fourth-order valence-corrected chi connectivity index (χ4v) is 3.40. The summed E-state index contributed by atoms with van der Waals surface area (Å²) in [4.78, 5) is 42.8. The standard InChI is InChI=1S/C25H20FN3O3/c26-22-14-8-7-11-19(22)17-29-24(31)21(15-27-25(29)32)23(30)28(20-12-5-2-6-13-20)16-18-9-3-1-4-10-18/h1-15H,16-17H2,(H,27,32). The van der Waals surface area contributed by atoms with Crippen LogP contribution < -0.4 is 16.1 Å². The van der Waals surface area contributed by atoms with Gasteiger partial charge >= 0.3 is 5.69 Å². The fourth-order valence-electron chi connectivity index (χ4n) is 3.40. The minimum absolute atomic E-state index is 0.175. The highest BCUT2D eigenvalue weighted by atomic mass is 19.1. The number of aromatic nitrogens is 2. The Hall–Kier alpha value is -4.26. The van der Waals surface area contributed by atoms with Gasteiger partial charge in [0.05, 0.1) is 13.1 Å². The van der Waals surface area contributed by atoms with Crippen molar-refractivity contribution in [1.29, 1.82) is 0 Å². The molecule has 7 heteroatoms. The SMILES string of the molecule is O=C(c1c[nH]c(=O)n(Cc2ccccc2F)c1=O)N(Cc1ccccc1)c1ccccc1. The van der Waals surface area contributed by atoms with Gasteiger partial charge in [0.2, 0.25) is 0 Å². The van der Waals surface area contributed by atoms with Gasteiger partial charge in [0.25, 0.3) is 11.5 Å². The van der Waals surface area contributed by atoms with Crippen LogP contribution in [0, 0.1) is 5.82 Å². The molecule has 0 radical (unpaired) electrons. The van der Waals surface area contributed by atoms with Crippen molar-refractivity contribution in [1.82, 2.24) is 9.55 Å². The Morgan fingerprint density at radius 3 is 2.19 bits per heavy atom. The first-order valence-corrected chi connectivity index (χ1v) is 10.0. The van der Waals surface area contributed by atoms with Gasteiger partial charge in [-0.15, -0.1) is 0 Å². The zero-order chi connectivity index (χ0) is 22.5. The van der Waals surface area contributed by atoms with E-state index in [1.165, 1.54) is 23.1 Å². The van der Waals surface area contributed by atoms with Crippen LogP contribution in [0.4, 0.5) is 10.1 Å². The van der Waals surface area contributed by atoms with Crippen LogP contribution in [0.2, 0.25) is 0 Å². The molecule has 0 saturated carbocycles. The van der Waals surface area contributed by atoms with Crippen molar-refractivity contribution in [2.45, 2.75) is 13.1 Å². The maximum Gasteiger partial charge on any atom is 0.328 e. The largest absolute Gasteiger partial charge is 0.328 e. The van der Waals surface area contributed by atoms with Gasteiger partial charge in [-0.05, 0) is 23.8 Å². The van der Waals surface area contributed by atoms with Crippen LogP contribution in [0.1, 0.15) is 21.5 Å². The number of nitrogens with one attached hydrogen (secondary N) is 1. The third-order valence-electron chi connectivity index (χ3n) is 5.07. The van der Waals surface area contributed by atoms with Gasteiger partial charge in [0.15, 0.2) is 0 Å². The molecule has 0 aliphatic rings. The molecule has 0 saturated heterocycles. The van der Waals surface area contributed by atoms with Gasteiger partial charge in [0.1, 0.15) is 11.4 Å². The molecule has 32 heavy (non-hydrogen) atoms. The number of halogens is 1. The van der Waals surface area contributed by atoms with E-state index in [9.17, 15) is 18.8 Å². The smallest absolute Gasteiger partial charge is 0.313 e. The lowest BCUT2D eigenvalue weighted by Gasteiger charge is -2.23. The van der Waals surface area contributed by atoms with E-state index in [1.807, 2.05) is 36.4 Å². The zero-order valence-electron chi connectivity index (χ0n) is 17.1. The number of hydrogen-bond donors (Lipinski definition) is 1. The number of aromatic amines is 1. The molecule has 1 heterocycles. The molecule has 4 aromatic rings. The molecule has 0 aliphatic carbocycles. The molecule has 1 N–H and O–H groups in total. The Morgan fingerprint density at radius 2 is 1.50 bits per heavy atom. The van der Waals surface area contributed by atoms with Crippen molar-refractivity contribution in [3.05, 3.63) is 134 Å². The minimum Gasteiger partial charge on any atom is -0.313 e. The highest BCUT2D eigenvalue weighted by Crippen LogP contribution is 2.19. The minimum atomic E-state index is -0.781. The number of benzene rings is 3. The number of hydrogen-bond acceptors (Lipinski definition) is 3. The first-order chi connectivity index (χ1) is 15.5. The van der Waals surface area contributed by atoms with Crippen LogP contribution in [0.15, 0.2) is 101 Å². The van der Waals surface area contributed by atoms with Crippen molar-refractivity contribution in [3.8, 4) is 0 Å². The van der Waals surface area contributed by atoms with E-state index in [2.05, 4.69) is 4.98 Å². The summed E-state index contributed by atoms with van der Waals surface area (Å²) in [7, 11) is 0. The van der Waals surface area contributed by atoms with Crippen molar-refractivity contribution in [2.75, 3.05) is 4.90 Å². The molecule has 0 aliphatic heterocycles. The second-order valence-corrected chi connectivity index (χ2v) is 7.20. The molecule has 3 aromatic carbocycles. The van der Waals surface area contributed by atoms with E-state index >= 15 is 0 Å².